The number of benzene rings is 1. The molecule has 0 amide bonds. The SMILES string of the molecule is CN1CCN(Cc2nc3c(-c4cnc5ccccc5c4)cnn3c(N)c2Br)CC1. The van der Waals surface area contributed by atoms with Crippen LogP contribution in [0.15, 0.2) is 47.2 Å². The van der Waals surface area contributed by atoms with E-state index in [1.165, 1.54) is 0 Å². The van der Waals surface area contributed by atoms with Gasteiger partial charge in [-0.3, -0.25) is 9.88 Å². The summed E-state index contributed by atoms with van der Waals surface area (Å²) in [6.07, 6.45) is 3.69. The zero-order valence-electron chi connectivity index (χ0n) is 16.2. The van der Waals surface area contributed by atoms with Gasteiger partial charge in [0.1, 0.15) is 5.82 Å². The number of pyridine rings is 1. The molecule has 1 aromatic carbocycles. The summed E-state index contributed by atoms with van der Waals surface area (Å²) >= 11 is 3.64. The van der Waals surface area contributed by atoms with Gasteiger partial charge in [-0.05, 0) is 35.1 Å². The molecule has 8 heteroatoms. The molecule has 0 bridgehead atoms. The number of nitrogens with two attached hydrogens (primary N) is 1. The Bertz CT molecular complexity index is 1190. The highest BCUT2D eigenvalue weighted by atomic mass is 79.9. The first-order valence-corrected chi connectivity index (χ1v) is 10.5. The highest BCUT2D eigenvalue weighted by Crippen LogP contribution is 2.31. The standard InChI is InChI=1S/C21H22BrN7/c1-27-6-8-28(9-7-27)13-18-19(22)20(23)29-21(26-18)16(12-25-29)15-10-14-4-2-3-5-17(14)24-11-15/h2-5,10-12H,6-9,13,23H2,1H3. The lowest BCUT2D eigenvalue weighted by Gasteiger charge is -2.32. The molecule has 7 nitrogen and oxygen atoms in total. The van der Waals surface area contributed by atoms with Crippen molar-refractivity contribution in [2.75, 3.05) is 39.0 Å². The van der Waals surface area contributed by atoms with Gasteiger partial charge in [0.05, 0.1) is 21.9 Å². The fourth-order valence-electron chi connectivity index (χ4n) is 3.79. The van der Waals surface area contributed by atoms with Crippen LogP contribution in [0.2, 0.25) is 0 Å². The molecule has 0 spiro atoms. The van der Waals surface area contributed by atoms with Gasteiger partial charge in [-0.2, -0.15) is 9.61 Å². The van der Waals surface area contributed by atoms with Crippen molar-refractivity contribution in [3.05, 3.63) is 52.9 Å². The summed E-state index contributed by atoms with van der Waals surface area (Å²) in [5.41, 5.74) is 11.0. The maximum atomic E-state index is 6.40. The van der Waals surface area contributed by atoms with E-state index in [9.17, 15) is 0 Å². The van der Waals surface area contributed by atoms with E-state index in [1.54, 1.807) is 4.52 Å². The molecule has 1 aliphatic heterocycles. The van der Waals surface area contributed by atoms with Gasteiger partial charge in [-0.1, -0.05) is 18.2 Å². The molecule has 0 radical (unpaired) electrons. The summed E-state index contributed by atoms with van der Waals surface area (Å²) in [5.74, 6) is 0.569. The van der Waals surface area contributed by atoms with E-state index in [-0.39, 0.29) is 0 Å². The number of nitrogen functional groups attached to an aromatic ring is 1. The minimum Gasteiger partial charge on any atom is -0.383 e. The molecule has 148 valence electrons. The van der Waals surface area contributed by atoms with Gasteiger partial charge in [0, 0.05) is 55.4 Å². The molecular formula is C21H22BrN7. The Hall–Kier alpha value is -2.55. The van der Waals surface area contributed by atoms with Gasteiger partial charge in [-0.15, -0.1) is 0 Å². The summed E-state index contributed by atoms with van der Waals surface area (Å²) in [4.78, 5) is 14.3. The maximum Gasteiger partial charge on any atom is 0.165 e. The number of anilines is 1. The Kier molecular flexibility index (Phi) is 4.69. The maximum absolute atomic E-state index is 6.40. The summed E-state index contributed by atoms with van der Waals surface area (Å²) < 4.78 is 2.51. The fourth-order valence-corrected chi connectivity index (χ4v) is 4.17. The first-order chi connectivity index (χ1) is 14.1. The third-order valence-corrected chi connectivity index (χ3v) is 6.43. The van der Waals surface area contributed by atoms with Crippen LogP contribution >= 0.6 is 15.9 Å². The topological polar surface area (TPSA) is 75.6 Å². The van der Waals surface area contributed by atoms with Crippen LogP contribution in [-0.2, 0) is 6.54 Å². The molecule has 0 aliphatic carbocycles. The molecular weight excluding hydrogens is 430 g/mol. The van der Waals surface area contributed by atoms with Crippen LogP contribution in [0.25, 0.3) is 27.7 Å². The van der Waals surface area contributed by atoms with E-state index in [2.05, 4.69) is 55.0 Å². The number of hydrogen-bond donors (Lipinski definition) is 1. The van der Waals surface area contributed by atoms with Gasteiger partial charge < -0.3 is 10.6 Å². The Balaban J connectivity index is 1.57. The van der Waals surface area contributed by atoms with Crippen molar-refractivity contribution in [3.63, 3.8) is 0 Å². The van der Waals surface area contributed by atoms with Gasteiger partial charge in [0.15, 0.2) is 5.65 Å². The number of para-hydroxylation sites is 1. The van der Waals surface area contributed by atoms with E-state index < -0.39 is 0 Å². The van der Waals surface area contributed by atoms with Crippen LogP contribution in [-0.4, -0.2) is 62.6 Å². The first-order valence-electron chi connectivity index (χ1n) is 9.68. The number of fused-ring (bicyclic) bond motifs is 2. The van der Waals surface area contributed by atoms with Gasteiger partial charge in [0.2, 0.25) is 0 Å². The highest BCUT2D eigenvalue weighted by molar-refractivity contribution is 9.10. The lowest BCUT2D eigenvalue weighted by Crippen LogP contribution is -2.44. The first kappa shape index (κ1) is 18.5. The quantitative estimate of drug-likeness (QED) is 0.515. The second-order valence-electron chi connectivity index (χ2n) is 7.55. The van der Waals surface area contributed by atoms with Crippen LogP contribution in [0.5, 0.6) is 0 Å². The summed E-state index contributed by atoms with van der Waals surface area (Å²) in [6.45, 7) is 4.94. The number of halogens is 1. The lowest BCUT2D eigenvalue weighted by molar-refractivity contribution is 0.146. The molecule has 0 saturated carbocycles. The molecule has 5 rings (SSSR count). The normalized spacial score (nSPS) is 16.1. The van der Waals surface area contributed by atoms with Crippen molar-refractivity contribution in [2.24, 2.45) is 0 Å². The Labute approximate surface area is 177 Å². The van der Waals surface area contributed by atoms with Crippen molar-refractivity contribution < 1.29 is 0 Å². The second-order valence-corrected chi connectivity index (χ2v) is 8.34. The van der Waals surface area contributed by atoms with Crippen molar-refractivity contribution in [3.8, 4) is 11.1 Å². The number of nitrogens with zero attached hydrogens (tertiary/aromatic N) is 6. The third kappa shape index (κ3) is 3.37. The van der Waals surface area contributed by atoms with Crippen molar-refractivity contribution >= 4 is 38.3 Å². The highest BCUT2D eigenvalue weighted by Gasteiger charge is 2.20. The number of rotatable bonds is 3. The van der Waals surface area contributed by atoms with E-state index in [0.717, 1.165) is 70.6 Å². The Morgan fingerprint density at radius 1 is 1.10 bits per heavy atom. The van der Waals surface area contributed by atoms with Crippen molar-refractivity contribution in [2.45, 2.75) is 6.54 Å². The number of piperazine rings is 1. The van der Waals surface area contributed by atoms with E-state index in [0.29, 0.717) is 5.82 Å². The largest absolute Gasteiger partial charge is 0.383 e. The van der Waals surface area contributed by atoms with Gasteiger partial charge in [-0.25, -0.2) is 4.98 Å². The molecule has 0 unspecified atom stereocenters. The molecule has 3 aromatic heterocycles. The molecule has 1 fully saturated rings. The van der Waals surface area contributed by atoms with E-state index in [4.69, 9.17) is 10.7 Å². The monoisotopic (exact) mass is 451 g/mol. The number of hydrogen-bond acceptors (Lipinski definition) is 6. The minimum absolute atomic E-state index is 0.569. The van der Waals surface area contributed by atoms with E-state index >= 15 is 0 Å². The predicted molar refractivity (Wildman–Crippen MR) is 119 cm³/mol. The average Bonchev–Trinajstić information content (AvgIpc) is 3.17. The van der Waals surface area contributed by atoms with Crippen LogP contribution in [0.1, 0.15) is 5.69 Å². The molecule has 0 atom stereocenters. The Morgan fingerprint density at radius 3 is 2.72 bits per heavy atom. The predicted octanol–water partition coefficient (Wildman–Crippen LogP) is 3.04. The van der Waals surface area contributed by atoms with E-state index in [1.807, 2.05) is 30.6 Å². The zero-order valence-corrected chi connectivity index (χ0v) is 17.8. The van der Waals surface area contributed by atoms with Gasteiger partial charge >= 0.3 is 0 Å². The number of likely N-dealkylation sites (N-methyl/N-ethyl adjacent to an activating group) is 1. The fraction of sp³-hybridized carbons (Fsp3) is 0.286. The molecule has 29 heavy (non-hydrogen) atoms. The van der Waals surface area contributed by atoms with Crippen LogP contribution in [0.3, 0.4) is 0 Å². The Morgan fingerprint density at radius 2 is 1.90 bits per heavy atom. The molecule has 1 aliphatic rings. The van der Waals surface area contributed by atoms with Crippen LogP contribution in [0, 0.1) is 0 Å². The summed E-state index contributed by atoms with van der Waals surface area (Å²) in [6, 6.07) is 10.2. The molecule has 2 N–H and O–H groups in total. The van der Waals surface area contributed by atoms with Crippen molar-refractivity contribution in [1.82, 2.24) is 29.4 Å². The minimum atomic E-state index is 0.569. The smallest absolute Gasteiger partial charge is 0.165 e. The average molecular weight is 452 g/mol. The summed E-state index contributed by atoms with van der Waals surface area (Å²) in [7, 11) is 2.16. The van der Waals surface area contributed by atoms with Gasteiger partial charge in [0.25, 0.3) is 0 Å². The van der Waals surface area contributed by atoms with Crippen LogP contribution in [0.4, 0.5) is 5.82 Å². The zero-order chi connectivity index (χ0) is 20.0. The second kappa shape index (κ2) is 7.37. The van der Waals surface area contributed by atoms with Crippen LogP contribution < -0.4 is 5.73 Å². The molecule has 1 saturated heterocycles. The summed E-state index contributed by atoms with van der Waals surface area (Å²) in [5, 5.41) is 5.57. The lowest BCUT2D eigenvalue weighted by atomic mass is 10.1. The molecule has 4 aromatic rings. The third-order valence-electron chi connectivity index (χ3n) is 5.56. The van der Waals surface area contributed by atoms with Crippen molar-refractivity contribution in [1.29, 1.82) is 0 Å². The number of aromatic nitrogens is 4. The molecule has 4 heterocycles.